The summed E-state index contributed by atoms with van der Waals surface area (Å²) in [4.78, 5) is 15.6. The number of rotatable bonds is 3. The lowest BCUT2D eigenvalue weighted by Gasteiger charge is -2.03. The molecule has 1 aromatic heterocycles. The lowest BCUT2D eigenvalue weighted by molar-refractivity contribution is 0.255. The highest BCUT2D eigenvalue weighted by molar-refractivity contribution is 9.10. The SMILES string of the molecule is O=C(N/C=C/c1ccccc1Br)Nc1ccc(Cl)cn1. The maximum atomic E-state index is 11.6. The fourth-order valence-corrected chi connectivity index (χ4v) is 1.95. The predicted octanol–water partition coefficient (Wildman–Crippen LogP) is 4.29. The number of hydrogen-bond donors (Lipinski definition) is 2. The van der Waals surface area contributed by atoms with Gasteiger partial charge in [0.1, 0.15) is 5.82 Å². The minimum atomic E-state index is -0.372. The van der Waals surface area contributed by atoms with Crippen molar-refractivity contribution in [3.8, 4) is 0 Å². The molecule has 2 rings (SSSR count). The van der Waals surface area contributed by atoms with Gasteiger partial charge in [-0.1, -0.05) is 45.7 Å². The maximum absolute atomic E-state index is 11.6. The summed E-state index contributed by atoms with van der Waals surface area (Å²) in [7, 11) is 0. The Kier molecular flexibility index (Phi) is 5.15. The van der Waals surface area contributed by atoms with E-state index < -0.39 is 0 Å². The lowest BCUT2D eigenvalue weighted by atomic mass is 10.2. The maximum Gasteiger partial charge on any atom is 0.324 e. The van der Waals surface area contributed by atoms with E-state index in [-0.39, 0.29) is 6.03 Å². The number of carbonyl (C=O) groups excluding carboxylic acids is 1. The van der Waals surface area contributed by atoms with E-state index in [2.05, 4.69) is 31.5 Å². The van der Waals surface area contributed by atoms with Gasteiger partial charge in [0, 0.05) is 16.9 Å². The summed E-state index contributed by atoms with van der Waals surface area (Å²) in [5.41, 5.74) is 0.970. The molecule has 0 saturated heterocycles. The number of carbonyl (C=O) groups is 1. The summed E-state index contributed by atoms with van der Waals surface area (Å²) in [5.74, 6) is 0.432. The highest BCUT2D eigenvalue weighted by Crippen LogP contribution is 2.16. The first kappa shape index (κ1) is 14.6. The van der Waals surface area contributed by atoms with Crippen molar-refractivity contribution in [2.75, 3.05) is 5.32 Å². The molecule has 102 valence electrons. The lowest BCUT2D eigenvalue weighted by Crippen LogP contribution is -2.24. The van der Waals surface area contributed by atoms with Crippen LogP contribution in [0.25, 0.3) is 6.08 Å². The molecule has 0 atom stereocenters. The normalized spacial score (nSPS) is 10.5. The van der Waals surface area contributed by atoms with Gasteiger partial charge in [0.05, 0.1) is 5.02 Å². The molecular weight excluding hydrogens is 342 g/mol. The van der Waals surface area contributed by atoms with Crippen molar-refractivity contribution in [2.24, 2.45) is 0 Å². The van der Waals surface area contributed by atoms with Gasteiger partial charge in [-0.3, -0.25) is 5.32 Å². The molecule has 2 N–H and O–H groups in total. The summed E-state index contributed by atoms with van der Waals surface area (Å²) in [6.45, 7) is 0. The Balaban J connectivity index is 1.89. The number of pyridine rings is 1. The molecule has 0 unspecified atom stereocenters. The number of nitrogens with zero attached hydrogens (tertiary/aromatic N) is 1. The number of anilines is 1. The second-order valence-corrected chi connectivity index (χ2v) is 5.11. The Morgan fingerprint density at radius 2 is 2.05 bits per heavy atom. The predicted molar refractivity (Wildman–Crippen MR) is 84.6 cm³/mol. The quantitative estimate of drug-likeness (QED) is 0.866. The molecule has 2 amide bonds. The molecule has 4 nitrogen and oxygen atoms in total. The molecule has 1 aromatic carbocycles. The van der Waals surface area contributed by atoms with Gasteiger partial charge in [-0.05, 0) is 29.8 Å². The van der Waals surface area contributed by atoms with E-state index >= 15 is 0 Å². The summed E-state index contributed by atoms with van der Waals surface area (Å²) < 4.78 is 0.956. The fourth-order valence-electron chi connectivity index (χ4n) is 1.42. The van der Waals surface area contributed by atoms with Crippen LogP contribution in [0.15, 0.2) is 53.3 Å². The summed E-state index contributed by atoms with van der Waals surface area (Å²) in [6.07, 6.45) is 4.82. The zero-order valence-corrected chi connectivity index (χ0v) is 12.6. The van der Waals surface area contributed by atoms with Crippen molar-refractivity contribution < 1.29 is 4.79 Å². The van der Waals surface area contributed by atoms with E-state index in [1.54, 1.807) is 24.4 Å². The van der Waals surface area contributed by atoms with E-state index in [1.165, 1.54) is 6.20 Å². The summed E-state index contributed by atoms with van der Waals surface area (Å²) in [5, 5.41) is 5.70. The Morgan fingerprint density at radius 1 is 1.25 bits per heavy atom. The smallest absolute Gasteiger partial charge is 0.314 e. The zero-order chi connectivity index (χ0) is 14.4. The molecule has 2 aromatic rings. The second-order valence-electron chi connectivity index (χ2n) is 3.81. The molecule has 0 radical (unpaired) electrons. The van der Waals surface area contributed by atoms with Crippen LogP contribution in [0.2, 0.25) is 5.02 Å². The third-order valence-electron chi connectivity index (χ3n) is 2.35. The number of benzene rings is 1. The van der Waals surface area contributed by atoms with Gasteiger partial charge in [-0.2, -0.15) is 0 Å². The molecule has 20 heavy (non-hydrogen) atoms. The number of urea groups is 1. The number of amides is 2. The van der Waals surface area contributed by atoms with E-state index in [9.17, 15) is 4.79 Å². The topological polar surface area (TPSA) is 54.0 Å². The van der Waals surface area contributed by atoms with Crippen molar-refractivity contribution in [3.05, 3.63) is 63.9 Å². The van der Waals surface area contributed by atoms with Crippen LogP contribution < -0.4 is 10.6 Å². The first-order chi connectivity index (χ1) is 9.65. The Hall–Kier alpha value is -1.85. The van der Waals surface area contributed by atoms with Crippen LogP contribution in [-0.2, 0) is 0 Å². The van der Waals surface area contributed by atoms with Crippen molar-refractivity contribution in [3.63, 3.8) is 0 Å². The van der Waals surface area contributed by atoms with E-state index in [4.69, 9.17) is 11.6 Å². The average Bonchev–Trinajstić information content (AvgIpc) is 2.43. The molecular formula is C14H11BrClN3O. The Labute approximate surface area is 130 Å². The van der Waals surface area contributed by atoms with Crippen LogP contribution in [0.4, 0.5) is 10.6 Å². The van der Waals surface area contributed by atoms with Gasteiger partial charge in [0.15, 0.2) is 0 Å². The molecule has 6 heteroatoms. The average molecular weight is 353 g/mol. The molecule has 1 heterocycles. The van der Waals surface area contributed by atoms with Crippen LogP contribution in [0.1, 0.15) is 5.56 Å². The van der Waals surface area contributed by atoms with Gasteiger partial charge in [0.2, 0.25) is 0 Å². The van der Waals surface area contributed by atoms with Crippen molar-refractivity contribution in [2.45, 2.75) is 0 Å². The van der Waals surface area contributed by atoms with Crippen LogP contribution in [-0.4, -0.2) is 11.0 Å². The fraction of sp³-hybridized carbons (Fsp3) is 0. The molecule has 0 aliphatic rings. The van der Waals surface area contributed by atoms with Gasteiger partial charge < -0.3 is 5.32 Å². The number of hydrogen-bond acceptors (Lipinski definition) is 2. The largest absolute Gasteiger partial charge is 0.324 e. The van der Waals surface area contributed by atoms with Crippen LogP contribution in [0, 0.1) is 0 Å². The van der Waals surface area contributed by atoms with E-state index in [1.807, 2.05) is 24.3 Å². The molecule has 0 fully saturated rings. The summed E-state index contributed by atoms with van der Waals surface area (Å²) >= 11 is 9.13. The third kappa shape index (κ3) is 4.36. The Bertz CT molecular complexity index is 629. The molecule has 0 bridgehead atoms. The molecule has 0 spiro atoms. The minimum absolute atomic E-state index is 0.372. The van der Waals surface area contributed by atoms with Crippen LogP contribution in [0.5, 0.6) is 0 Å². The van der Waals surface area contributed by atoms with Gasteiger partial charge in [0.25, 0.3) is 0 Å². The first-order valence-corrected chi connectivity index (χ1v) is 6.92. The van der Waals surface area contributed by atoms with Crippen LogP contribution >= 0.6 is 27.5 Å². The molecule has 0 aliphatic carbocycles. The van der Waals surface area contributed by atoms with Gasteiger partial charge in [-0.25, -0.2) is 9.78 Å². The third-order valence-corrected chi connectivity index (χ3v) is 3.30. The molecule has 0 saturated carbocycles. The van der Waals surface area contributed by atoms with Crippen molar-refractivity contribution >= 4 is 45.5 Å². The highest BCUT2D eigenvalue weighted by atomic mass is 79.9. The van der Waals surface area contributed by atoms with Crippen molar-refractivity contribution in [1.29, 1.82) is 0 Å². The number of aromatic nitrogens is 1. The number of nitrogens with one attached hydrogen (secondary N) is 2. The van der Waals surface area contributed by atoms with Crippen LogP contribution in [0.3, 0.4) is 0 Å². The van der Waals surface area contributed by atoms with Crippen molar-refractivity contribution in [1.82, 2.24) is 10.3 Å². The summed E-state index contributed by atoms with van der Waals surface area (Å²) in [6, 6.07) is 10.6. The second kappa shape index (κ2) is 7.07. The molecule has 0 aliphatic heterocycles. The van der Waals surface area contributed by atoms with Gasteiger partial charge >= 0.3 is 6.03 Å². The standard InChI is InChI=1S/C14H11BrClN3O/c15-12-4-2-1-3-10(12)7-8-17-14(20)19-13-6-5-11(16)9-18-13/h1-9H,(H2,17,18,19,20)/b8-7+. The Morgan fingerprint density at radius 3 is 2.75 bits per heavy atom. The number of halogens is 2. The minimum Gasteiger partial charge on any atom is -0.314 e. The van der Waals surface area contributed by atoms with Gasteiger partial charge in [-0.15, -0.1) is 0 Å². The highest BCUT2D eigenvalue weighted by Gasteiger charge is 2.00. The first-order valence-electron chi connectivity index (χ1n) is 5.75. The van der Waals surface area contributed by atoms with E-state index in [0.717, 1.165) is 10.0 Å². The zero-order valence-electron chi connectivity index (χ0n) is 10.3. The van der Waals surface area contributed by atoms with E-state index in [0.29, 0.717) is 10.8 Å². The monoisotopic (exact) mass is 351 g/mol.